The van der Waals surface area contributed by atoms with Gasteiger partial charge >= 0.3 is 0 Å². The first kappa shape index (κ1) is 13.4. The Morgan fingerprint density at radius 3 is 3.00 bits per heavy atom. The molecule has 18 heavy (non-hydrogen) atoms. The van der Waals surface area contributed by atoms with Crippen LogP contribution >= 0.6 is 15.9 Å². The van der Waals surface area contributed by atoms with Gasteiger partial charge in [0.05, 0.1) is 12.7 Å². The molecule has 0 aromatic heterocycles. The molecule has 1 amide bonds. The molecule has 1 aromatic rings. The van der Waals surface area contributed by atoms with Crippen molar-refractivity contribution in [1.82, 2.24) is 4.90 Å². The quantitative estimate of drug-likeness (QED) is 0.852. The van der Waals surface area contributed by atoms with E-state index in [-0.39, 0.29) is 12.0 Å². The third-order valence-corrected chi connectivity index (χ3v) is 3.51. The van der Waals surface area contributed by atoms with E-state index in [0.717, 1.165) is 10.9 Å². The zero-order valence-electron chi connectivity index (χ0n) is 10.4. The van der Waals surface area contributed by atoms with Gasteiger partial charge < -0.3 is 15.4 Å². The van der Waals surface area contributed by atoms with Gasteiger partial charge in [-0.1, -0.05) is 22.9 Å². The SMILES string of the molecule is CCC1CN(C(=O)c2cc(N)cc(Br)c2)CCO1. The Balaban J connectivity index is 2.15. The van der Waals surface area contributed by atoms with Crippen LogP contribution in [0.1, 0.15) is 23.7 Å². The van der Waals surface area contributed by atoms with Gasteiger partial charge in [0, 0.05) is 28.8 Å². The molecule has 2 N–H and O–H groups in total. The standard InChI is InChI=1S/C13H17BrN2O2/c1-2-12-8-16(3-4-18-12)13(17)9-5-10(14)7-11(15)6-9/h5-7,12H,2-4,8,15H2,1H3. The van der Waals surface area contributed by atoms with Gasteiger partial charge in [-0.25, -0.2) is 0 Å². The van der Waals surface area contributed by atoms with Crippen molar-refractivity contribution in [3.05, 3.63) is 28.2 Å². The van der Waals surface area contributed by atoms with E-state index in [4.69, 9.17) is 10.5 Å². The van der Waals surface area contributed by atoms with Crippen LogP contribution in [-0.2, 0) is 4.74 Å². The van der Waals surface area contributed by atoms with Crippen LogP contribution in [0.15, 0.2) is 22.7 Å². The zero-order chi connectivity index (χ0) is 13.1. The number of nitrogens with zero attached hydrogens (tertiary/aromatic N) is 1. The molecule has 0 aliphatic carbocycles. The smallest absolute Gasteiger partial charge is 0.254 e. The molecule has 0 saturated carbocycles. The van der Waals surface area contributed by atoms with Gasteiger partial charge in [-0.2, -0.15) is 0 Å². The highest BCUT2D eigenvalue weighted by Crippen LogP contribution is 2.20. The predicted molar refractivity (Wildman–Crippen MR) is 74.5 cm³/mol. The molecule has 0 bridgehead atoms. The first-order valence-electron chi connectivity index (χ1n) is 6.07. The van der Waals surface area contributed by atoms with Crippen LogP contribution in [0.3, 0.4) is 0 Å². The van der Waals surface area contributed by atoms with E-state index >= 15 is 0 Å². The normalized spacial score (nSPS) is 19.9. The second-order valence-corrected chi connectivity index (χ2v) is 5.34. The number of carbonyl (C=O) groups excluding carboxylic acids is 1. The van der Waals surface area contributed by atoms with Crippen LogP contribution in [0.5, 0.6) is 0 Å². The van der Waals surface area contributed by atoms with E-state index in [1.807, 2.05) is 4.90 Å². The van der Waals surface area contributed by atoms with Crippen molar-refractivity contribution in [2.24, 2.45) is 0 Å². The highest BCUT2D eigenvalue weighted by atomic mass is 79.9. The number of hydrogen-bond acceptors (Lipinski definition) is 3. The molecule has 1 fully saturated rings. The summed E-state index contributed by atoms with van der Waals surface area (Å²) in [7, 11) is 0. The van der Waals surface area contributed by atoms with Crippen molar-refractivity contribution in [3.8, 4) is 0 Å². The summed E-state index contributed by atoms with van der Waals surface area (Å²) in [4.78, 5) is 14.2. The van der Waals surface area contributed by atoms with E-state index in [1.165, 1.54) is 0 Å². The largest absolute Gasteiger partial charge is 0.399 e. The molecule has 1 aliphatic rings. The van der Waals surface area contributed by atoms with E-state index in [1.54, 1.807) is 18.2 Å². The molecule has 0 radical (unpaired) electrons. The average Bonchev–Trinajstić information content (AvgIpc) is 2.37. The number of morpholine rings is 1. The summed E-state index contributed by atoms with van der Waals surface area (Å²) in [5.41, 5.74) is 6.97. The molecule has 2 rings (SSSR count). The number of carbonyl (C=O) groups is 1. The van der Waals surface area contributed by atoms with Gasteiger partial charge in [-0.05, 0) is 24.6 Å². The fourth-order valence-electron chi connectivity index (χ4n) is 2.07. The number of amides is 1. The lowest BCUT2D eigenvalue weighted by Gasteiger charge is -2.32. The molecule has 1 unspecified atom stereocenters. The van der Waals surface area contributed by atoms with E-state index in [0.29, 0.717) is 30.9 Å². The fourth-order valence-corrected chi connectivity index (χ4v) is 2.58. The maximum absolute atomic E-state index is 12.4. The third-order valence-electron chi connectivity index (χ3n) is 3.05. The number of benzene rings is 1. The molecule has 0 spiro atoms. The Bertz CT molecular complexity index is 430. The van der Waals surface area contributed by atoms with Crippen molar-refractivity contribution in [1.29, 1.82) is 0 Å². The molecule has 1 heterocycles. The van der Waals surface area contributed by atoms with Crippen molar-refractivity contribution < 1.29 is 9.53 Å². The second-order valence-electron chi connectivity index (χ2n) is 4.43. The van der Waals surface area contributed by atoms with Crippen molar-refractivity contribution in [2.75, 3.05) is 25.4 Å². The lowest BCUT2D eigenvalue weighted by molar-refractivity contribution is -0.0226. The maximum Gasteiger partial charge on any atom is 0.254 e. The molecule has 1 atom stereocenters. The minimum Gasteiger partial charge on any atom is -0.399 e. The molecular weight excluding hydrogens is 296 g/mol. The number of nitrogen functional groups attached to an aromatic ring is 1. The van der Waals surface area contributed by atoms with E-state index < -0.39 is 0 Å². The highest BCUT2D eigenvalue weighted by molar-refractivity contribution is 9.10. The molecule has 1 aliphatic heterocycles. The maximum atomic E-state index is 12.4. The first-order chi connectivity index (χ1) is 8.60. The fraction of sp³-hybridized carbons (Fsp3) is 0.462. The molecule has 98 valence electrons. The van der Waals surface area contributed by atoms with Gasteiger partial charge in [0.15, 0.2) is 0 Å². The minimum absolute atomic E-state index is 0.0183. The van der Waals surface area contributed by atoms with Gasteiger partial charge in [0.2, 0.25) is 0 Å². The molecular formula is C13H17BrN2O2. The Morgan fingerprint density at radius 1 is 1.56 bits per heavy atom. The number of rotatable bonds is 2. The summed E-state index contributed by atoms with van der Waals surface area (Å²) < 4.78 is 6.39. The number of nitrogens with two attached hydrogens (primary N) is 1. The van der Waals surface area contributed by atoms with E-state index in [2.05, 4.69) is 22.9 Å². The van der Waals surface area contributed by atoms with Gasteiger partial charge in [-0.15, -0.1) is 0 Å². The van der Waals surface area contributed by atoms with E-state index in [9.17, 15) is 4.79 Å². The lowest BCUT2D eigenvalue weighted by Crippen LogP contribution is -2.45. The van der Waals surface area contributed by atoms with Gasteiger partial charge in [0.25, 0.3) is 5.91 Å². The minimum atomic E-state index is 0.0183. The highest BCUT2D eigenvalue weighted by Gasteiger charge is 2.24. The Morgan fingerprint density at radius 2 is 2.33 bits per heavy atom. The van der Waals surface area contributed by atoms with Crippen molar-refractivity contribution in [3.63, 3.8) is 0 Å². The Kier molecular flexibility index (Phi) is 4.24. The van der Waals surface area contributed by atoms with Gasteiger partial charge in [-0.3, -0.25) is 4.79 Å². The first-order valence-corrected chi connectivity index (χ1v) is 6.86. The second kappa shape index (κ2) is 5.71. The molecule has 1 aromatic carbocycles. The monoisotopic (exact) mass is 312 g/mol. The summed E-state index contributed by atoms with van der Waals surface area (Å²) in [5.74, 6) is 0.0183. The number of anilines is 1. The summed E-state index contributed by atoms with van der Waals surface area (Å²) >= 11 is 3.36. The summed E-state index contributed by atoms with van der Waals surface area (Å²) in [6.45, 7) is 3.97. The van der Waals surface area contributed by atoms with Crippen LogP contribution in [0, 0.1) is 0 Å². The third kappa shape index (κ3) is 3.03. The molecule has 4 nitrogen and oxygen atoms in total. The van der Waals surface area contributed by atoms with Gasteiger partial charge in [0.1, 0.15) is 0 Å². The Labute approximate surface area is 115 Å². The Hall–Kier alpha value is -1.07. The topological polar surface area (TPSA) is 55.6 Å². The summed E-state index contributed by atoms with van der Waals surface area (Å²) in [5, 5.41) is 0. The zero-order valence-corrected chi connectivity index (χ0v) is 11.9. The van der Waals surface area contributed by atoms with Crippen LogP contribution in [0.4, 0.5) is 5.69 Å². The van der Waals surface area contributed by atoms with Crippen LogP contribution in [0.2, 0.25) is 0 Å². The number of hydrogen-bond donors (Lipinski definition) is 1. The summed E-state index contributed by atoms with van der Waals surface area (Å²) in [6.07, 6.45) is 1.07. The van der Waals surface area contributed by atoms with Crippen molar-refractivity contribution in [2.45, 2.75) is 19.4 Å². The predicted octanol–water partition coefficient (Wildman–Crippen LogP) is 2.28. The van der Waals surface area contributed by atoms with Crippen LogP contribution in [-0.4, -0.2) is 36.6 Å². The number of halogens is 1. The van der Waals surface area contributed by atoms with Crippen LogP contribution < -0.4 is 5.73 Å². The average molecular weight is 313 g/mol. The molecule has 1 saturated heterocycles. The number of ether oxygens (including phenoxy) is 1. The summed E-state index contributed by atoms with van der Waals surface area (Å²) in [6, 6.07) is 5.30. The van der Waals surface area contributed by atoms with Crippen LogP contribution in [0.25, 0.3) is 0 Å². The van der Waals surface area contributed by atoms with Crippen molar-refractivity contribution >= 4 is 27.5 Å². The lowest BCUT2D eigenvalue weighted by atomic mass is 10.1. The molecule has 5 heteroatoms.